The Morgan fingerprint density at radius 1 is 1.21 bits per heavy atom. The first kappa shape index (κ1) is 12.4. The number of rotatable bonds is 3. The molecule has 0 bridgehead atoms. The van der Waals surface area contributed by atoms with E-state index in [0.717, 1.165) is 17.7 Å². The molecule has 2 aromatic carbocycles. The third-order valence-electron chi connectivity index (χ3n) is 3.39. The molecule has 1 atom stereocenters. The number of benzene rings is 2. The summed E-state index contributed by atoms with van der Waals surface area (Å²) in [6.45, 7) is 2.55. The van der Waals surface area contributed by atoms with Crippen molar-refractivity contribution in [2.75, 3.05) is 6.61 Å². The summed E-state index contributed by atoms with van der Waals surface area (Å²) < 4.78 is 5.85. The molecular formula is C16H16O2S. The van der Waals surface area contributed by atoms with Crippen LogP contribution in [0.1, 0.15) is 11.1 Å². The molecule has 0 saturated carbocycles. The second kappa shape index (κ2) is 5.17. The van der Waals surface area contributed by atoms with Gasteiger partial charge in [-0.25, -0.2) is 0 Å². The Bertz CT molecular complexity index is 570. The third-order valence-corrected chi connectivity index (χ3v) is 4.68. The first-order valence-corrected chi connectivity index (χ1v) is 7.28. The maximum absolute atomic E-state index is 9.65. The van der Waals surface area contributed by atoms with E-state index in [1.54, 1.807) is 6.07 Å². The largest absolute Gasteiger partial charge is 0.508 e. The van der Waals surface area contributed by atoms with E-state index in [2.05, 4.69) is 24.3 Å². The minimum absolute atomic E-state index is 0.292. The number of hydrogen-bond donors (Lipinski definition) is 1. The Hall–Kier alpha value is -1.61. The molecule has 2 nitrogen and oxygen atoms in total. The molecule has 1 heterocycles. The number of hydrogen-bond acceptors (Lipinski definition) is 3. The zero-order valence-electron chi connectivity index (χ0n) is 10.8. The summed E-state index contributed by atoms with van der Waals surface area (Å²) in [7, 11) is 0. The first-order chi connectivity index (χ1) is 9.24. The van der Waals surface area contributed by atoms with E-state index in [-0.39, 0.29) is 0 Å². The number of phenols is 1. The molecule has 0 fully saturated rings. The molecule has 1 aliphatic heterocycles. The molecule has 1 unspecified atom stereocenters. The lowest BCUT2D eigenvalue weighted by molar-refractivity contribution is 0.313. The minimum Gasteiger partial charge on any atom is -0.508 e. The fraction of sp³-hybridized carbons (Fsp3) is 0.250. The van der Waals surface area contributed by atoms with E-state index in [1.807, 2.05) is 30.8 Å². The maximum Gasteiger partial charge on any atom is 0.125 e. The molecule has 0 amide bonds. The van der Waals surface area contributed by atoms with E-state index in [4.69, 9.17) is 4.74 Å². The van der Waals surface area contributed by atoms with Crippen molar-refractivity contribution < 1.29 is 9.84 Å². The van der Waals surface area contributed by atoms with Crippen molar-refractivity contribution in [3.8, 4) is 11.5 Å². The molecule has 98 valence electrons. The molecule has 0 spiro atoms. The van der Waals surface area contributed by atoms with Crippen LogP contribution in [0.3, 0.4) is 0 Å². The van der Waals surface area contributed by atoms with Crippen LogP contribution in [0.5, 0.6) is 11.5 Å². The lowest BCUT2D eigenvalue weighted by atomic mass is 10.1. The van der Waals surface area contributed by atoms with Gasteiger partial charge in [-0.1, -0.05) is 24.3 Å². The number of phenolic OH excluding ortho intramolecular Hbond substituents is 1. The standard InChI is InChI=1S/C16H16O2S/c1-11-14(17)6-4-7-15(11)18-10-13-9-12-5-2-3-8-16(12)19-13/h2-8,13,17H,9-10H2,1H3. The molecule has 3 heteroatoms. The Morgan fingerprint density at radius 2 is 2.05 bits per heavy atom. The molecular weight excluding hydrogens is 256 g/mol. The maximum atomic E-state index is 9.65. The van der Waals surface area contributed by atoms with Crippen molar-refractivity contribution in [1.29, 1.82) is 0 Å². The number of aromatic hydroxyl groups is 1. The summed E-state index contributed by atoms with van der Waals surface area (Å²) >= 11 is 1.88. The molecule has 2 aromatic rings. The van der Waals surface area contributed by atoms with E-state index < -0.39 is 0 Å². The van der Waals surface area contributed by atoms with Crippen LogP contribution >= 0.6 is 11.8 Å². The fourth-order valence-corrected chi connectivity index (χ4v) is 3.51. The fourth-order valence-electron chi connectivity index (χ4n) is 2.29. The number of fused-ring (bicyclic) bond motifs is 1. The Balaban J connectivity index is 1.64. The molecule has 1 aliphatic rings. The highest BCUT2D eigenvalue weighted by molar-refractivity contribution is 8.00. The molecule has 0 radical (unpaired) electrons. The zero-order valence-corrected chi connectivity index (χ0v) is 11.6. The van der Waals surface area contributed by atoms with Crippen molar-refractivity contribution in [2.24, 2.45) is 0 Å². The van der Waals surface area contributed by atoms with E-state index in [9.17, 15) is 5.11 Å². The first-order valence-electron chi connectivity index (χ1n) is 6.40. The monoisotopic (exact) mass is 272 g/mol. The third kappa shape index (κ3) is 2.56. The summed E-state index contributed by atoms with van der Waals surface area (Å²) in [6.07, 6.45) is 1.05. The topological polar surface area (TPSA) is 29.5 Å². The molecule has 0 aliphatic carbocycles. The van der Waals surface area contributed by atoms with Gasteiger partial charge in [-0.05, 0) is 37.1 Å². The van der Waals surface area contributed by atoms with Gasteiger partial charge in [0.15, 0.2) is 0 Å². The van der Waals surface area contributed by atoms with Gasteiger partial charge in [-0.2, -0.15) is 0 Å². The molecule has 19 heavy (non-hydrogen) atoms. The number of ether oxygens (including phenoxy) is 1. The molecule has 1 N–H and O–H groups in total. The Kier molecular flexibility index (Phi) is 3.38. The smallest absolute Gasteiger partial charge is 0.125 e. The van der Waals surface area contributed by atoms with Gasteiger partial charge < -0.3 is 9.84 Å². The van der Waals surface area contributed by atoms with Crippen molar-refractivity contribution in [3.05, 3.63) is 53.6 Å². The SMILES string of the molecule is Cc1c(O)cccc1OCC1Cc2ccccc2S1. The van der Waals surface area contributed by atoms with Gasteiger partial charge in [0, 0.05) is 15.7 Å². The van der Waals surface area contributed by atoms with Crippen LogP contribution in [0.25, 0.3) is 0 Å². The summed E-state index contributed by atoms with van der Waals surface area (Å²) in [5, 5.41) is 10.1. The minimum atomic E-state index is 0.292. The average molecular weight is 272 g/mol. The van der Waals surface area contributed by atoms with Gasteiger partial charge in [-0.15, -0.1) is 11.8 Å². The average Bonchev–Trinajstić information content (AvgIpc) is 2.83. The van der Waals surface area contributed by atoms with E-state index >= 15 is 0 Å². The van der Waals surface area contributed by atoms with Crippen LogP contribution in [-0.4, -0.2) is 17.0 Å². The molecule has 3 rings (SSSR count). The highest BCUT2D eigenvalue weighted by Crippen LogP contribution is 2.37. The van der Waals surface area contributed by atoms with Gasteiger partial charge in [-0.3, -0.25) is 0 Å². The summed E-state index contributed by atoms with van der Waals surface area (Å²) in [6, 6.07) is 13.9. The van der Waals surface area contributed by atoms with Crippen molar-refractivity contribution in [3.63, 3.8) is 0 Å². The summed E-state index contributed by atoms with van der Waals surface area (Å²) in [4.78, 5) is 1.36. The predicted octanol–water partition coefficient (Wildman–Crippen LogP) is 3.80. The van der Waals surface area contributed by atoms with E-state index in [0.29, 0.717) is 17.6 Å². The van der Waals surface area contributed by atoms with Crippen LogP contribution in [-0.2, 0) is 6.42 Å². The normalized spacial score (nSPS) is 17.2. The summed E-state index contributed by atoms with van der Waals surface area (Å²) in [5.41, 5.74) is 2.22. The highest BCUT2D eigenvalue weighted by Gasteiger charge is 2.22. The van der Waals surface area contributed by atoms with E-state index in [1.165, 1.54) is 10.5 Å². The van der Waals surface area contributed by atoms with Crippen LogP contribution in [0.2, 0.25) is 0 Å². The Labute approximate surface area is 117 Å². The lowest BCUT2D eigenvalue weighted by Crippen LogP contribution is -2.13. The van der Waals surface area contributed by atoms with Gasteiger partial charge in [0.2, 0.25) is 0 Å². The van der Waals surface area contributed by atoms with Gasteiger partial charge in [0.1, 0.15) is 18.1 Å². The summed E-state index contributed by atoms with van der Waals surface area (Å²) in [5.74, 6) is 1.07. The van der Waals surface area contributed by atoms with Crippen LogP contribution in [0, 0.1) is 6.92 Å². The molecule has 0 aromatic heterocycles. The van der Waals surface area contributed by atoms with Crippen LogP contribution < -0.4 is 4.74 Å². The Morgan fingerprint density at radius 3 is 2.89 bits per heavy atom. The van der Waals surface area contributed by atoms with Gasteiger partial charge >= 0.3 is 0 Å². The van der Waals surface area contributed by atoms with Crippen molar-refractivity contribution >= 4 is 11.8 Å². The van der Waals surface area contributed by atoms with Crippen molar-refractivity contribution in [1.82, 2.24) is 0 Å². The second-order valence-electron chi connectivity index (χ2n) is 4.76. The quantitative estimate of drug-likeness (QED) is 0.921. The zero-order chi connectivity index (χ0) is 13.2. The second-order valence-corrected chi connectivity index (χ2v) is 6.11. The van der Waals surface area contributed by atoms with Crippen LogP contribution in [0.4, 0.5) is 0 Å². The van der Waals surface area contributed by atoms with Crippen LogP contribution in [0.15, 0.2) is 47.4 Å². The predicted molar refractivity (Wildman–Crippen MR) is 78.1 cm³/mol. The van der Waals surface area contributed by atoms with Gasteiger partial charge in [0.25, 0.3) is 0 Å². The van der Waals surface area contributed by atoms with Gasteiger partial charge in [0.05, 0.1) is 0 Å². The highest BCUT2D eigenvalue weighted by atomic mass is 32.2. The lowest BCUT2D eigenvalue weighted by Gasteiger charge is -2.13. The van der Waals surface area contributed by atoms with Crippen molar-refractivity contribution in [2.45, 2.75) is 23.5 Å². The molecule has 0 saturated heterocycles. The number of thioether (sulfide) groups is 1.